The molecule has 0 saturated carbocycles. The van der Waals surface area contributed by atoms with E-state index >= 15 is 0 Å². The maximum atomic E-state index is 11.2. The molecule has 2 aromatic rings. The van der Waals surface area contributed by atoms with E-state index in [1.165, 1.54) is 6.08 Å². The Morgan fingerprint density at radius 2 is 1.76 bits per heavy atom. The van der Waals surface area contributed by atoms with Crippen LogP contribution in [-0.2, 0) is 9.53 Å². The van der Waals surface area contributed by atoms with E-state index < -0.39 is 0 Å². The molecule has 0 aliphatic heterocycles. The van der Waals surface area contributed by atoms with E-state index in [0.29, 0.717) is 13.2 Å². The Bertz CT molecular complexity index is 603. The zero-order valence-corrected chi connectivity index (χ0v) is 12.0. The summed E-state index contributed by atoms with van der Waals surface area (Å²) in [6, 6.07) is 17.9. The Balaban J connectivity index is 2.03. The third-order valence-electron chi connectivity index (χ3n) is 2.85. The number of hydrogen-bond acceptors (Lipinski definition) is 3. The summed E-state index contributed by atoms with van der Waals surface area (Å²) in [5, 5.41) is 0. The van der Waals surface area contributed by atoms with Crippen LogP contribution >= 0.6 is 0 Å². The summed E-state index contributed by atoms with van der Waals surface area (Å²) in [5.41, 5.74) is 2.13. The summed E-state index contributed by atoms with van der Waals surface area (Å²) in [6.07, 6.45) is 3.04. The lowest BCUT2D eigenvalue weighted by molar-refractivity contribution is -0.137. The van der Waals surface area contributed by atoms with E-state index in [9.17, 15) is 4.79 Å². The van der Waals surface area contributed by atoms with E-state index in [0.717, 1.165) is 16.9 Å². The number of benzene rings is 2. The predicted octanol–water partition coefficient (Wildman–Crippen LogP) is 3.85. The highest BCUT2D eigenvalue weighted by Crippen LogP contribution is 2.29. The van der Waals surface area contributed by atoms with Crippen molar-refractivity contribution in [1.82, 2.24) is 0 Å². The normalized spacial score (nSPS) is 10.5. The van der Waals surface area contributed by atoms with E-state index in [1.807, 2.05) is 54.6 Å². The minimum Gasteiger partial charge on any atom is -0.489 e. The average molecular weight is 282 g/mol. The Kier molecular flexibility index (Phi) is 5.59. The Morgan fingerprint density at radius 1 is 1.05 bits per heavy atom. The van der Waals surface area contributed by atoms with Crippen molar-refractivity contribution in [3.8, 4) is 16.9 Å². The molecule has 0 amide bonds. The second-order valence-corrected chi connectivity index (χ2v) is 4.33. The lowest BCUT2D eigenvalue weighted by Crippen LogP contribution is -2.01. The van der Waals surface area contributed by atoms with Gasteiger partial charge in [-0.05, 0) is 24.6 Å². The van der Waals surface area contributed by atoms with Crippen molar-refractivity contribution >= 4 is 5.97 Å². The summed E-state index contributed by atoms with van der Waals surface area (Å²) in [7, 11) is 0. The fourth-order valence-corrected chi connectivity index (χ4v) is 1.92. The average Bonchev–Trinajstić information content (AvgIpc) is 2.53. The van der Waals surface area contributed by atoms with Gasteiger partial charge >= 0.3 is 5.97 Å². The molecule has 0 atom stereocenters. The van der Waals surface area contributed by atoms with Crippen LogP contribution in [0.3, 0.4) is 0 Å². The van der Waals surface area contributed by atoms with Crippen LogP contribution in [-0.4, -0.2) is 19.2 Å². The number of para-hydroxylation sites is 1. The largest absolute Gasteiger partial charge is 0.489 e. The first-order valence-electron chi connectivity index (χ1n) is 6.92. The molecule has 2 aromatic carbocycles. The van der Waals surface area contributed by atoms with E-state index in [-0.39, 0.29) is 5.97 Å². The fourth-order valence-electron chi connectivity index (χ4n) is 1.92. The van der Waals surface area contributed by atoms with E-state index in [4.69, 9.17) is 9.47 Å². The number of hydrogen-bond donors (Lipinski definition) is 0. The van der Waals surface area contributed by atoms with Gasteiger partial charge in [0.1, 0.15) is 12.4 Å². The molecule has 0 radical (unpaired) electrons. The lowest BCUT2D eigenvalue weighted by Gasteiger charge is -2.10. The van der Waals surface area contributed by atoms with Crippen LogP contribution in [0.15, 0.2) is 66.7 Å². The van der Waals surface area contributed by atoms with Gasteiger partial charge in [-0.15, -0.1) is 0 Å². The first-order chi connectivity index (χ1) is 10.3. The SMILES string of the molecule is CCOC(=O)/C=C/COc1ccccc1-c1ccccc1. The molecular formula is C18H18O3. The molecule has 0 N–H and O–H groups in total. The number of carbonyl (C=O) groups is 1. The molecule has 3 heteroatoms. The van der Waals surface area contributed by atoms with Gasteiger partial charge in [-0.25, -0.2) is 4.79 Å². The van der Waals surface area contributed by atoms with Crippen molar-refractivity contribution in [2.24, 2.45) is 0 Å². The van der Waals surface area contributed by atoms with Gasteiger partial charge in [-0.2, -0.15) is 0 Å². The number of ether oxygens (including phenoxy) is 2. The van der Waals surface area contributed by atoms with Gasteiger partial charge in [0.25, 0.3) is 0 Å². The summed E-state index contributed by atoms with van der Waals surface area (Å²) in [6.45, 7) is 2.47. The molecular weight excluding hydrogens is 264 g/mol. The Morgan fingerprint density at radius 3 is 2.52 bits per heavy atom. The Hall–Kier alpha value is -2.55. The third-order valence-corrected chi connectivity index (χ3v) is 2.85. The van der Waals surface area contributed by atoms with Crippen LogP contribution in [0.2, 0.25) is 0 Å². The third kappa shape index (κ3) is 4.49. The molecule has 0 aromatic heterocycles. The van der Waals surface area contributed by atoms with Crippen LogP contribution in [0.25, 0.3) is 11.1 Å². The molecule has 0 aliphatic rings. The summed E-state index contributed by atoms with van der Waals surface area (Å²) < 4.78 is 10.5. The van der Waals surface area contributed by atoms with Gasteiger partial charge in [0.05, 0.1) is 6.61 Å². The standard InChI is InChI=1S/C18H18O3/c1-2-20-18(19)13-8-14-21-17-12-7-6-11-16(17)15-9-4-3-5-10-15/h3-13H,2,14H2,1H3/b13-8+. The molecule has 108 valence electrons. The quantitative estimate of drug-likeness (QED) is 0.596. The molecule has 0 aliphatic carbocycles. The highest BCUT2D eigenvalue weighted by Gasteiger charge is 2.04. The van der Waals surface area contributed by atoms with E-state index in [1.54, 1.807) is 13.0 Å². The van der Waals surface area contributed by atoms with Gasteiger partial charge in [0, 0.05) is 11.6 Å². The van der Waals surface area contributed by atoms with E-state index in [2.05, 4.69) is 0 Å². The predicted molar refractivity (Wildman–Crippen MR) is 83.1 cm³/mol. The maximum Gasteiger partial charge on any atom is 0.330 e. The van der Waals surface area contributed by atoms with Gasteiger partial charge in [0.15, 0.2) is 0 Å². The maximum absolute atomic E-state index is 11.2. The molecule has 0 spiro atoms. The number of rotatable bonds is 6. The first kappa shape index (κ1) is 14.9. The van der Waals surface area contributed by atoms with Crippen LogP contribution in [0, 0.1) is 0 Å². The summed E-state index contributed by atoms with van der Waals surface area (Å²) in [4.78, 5) is 11.2. The van der Waals surface area contributed by atoms with Crippen molar-refractivity contribution in [2.45, 2.75) is 6.92 Å². The summed E-state index contributed by atoms with van der Waals surface area (Å²) in [5.74, 6) is 0.439. The van der Waals surface area contributed by atoms with Gasteiger partial charge in [-0.1, -0.05) is 48.5 Å². The zero-order valence-electron chi connectivity index (χ0n) is 12.0. The smallest absolute Gasteiger partial charge is 0.330 e. The van der Waals surface area contributed by atoms with Crippen molar-refractivity contribution in [3.05, 3.63) is 66.7 Å². The lowest BCUT2D eigenvalue weighted by atomic mass is 10.1. The van der Waals surface area contributed by atoms with Gasteiger partial charge in [-0.3, -0.25) is 0 Å². The molecule has 0 saturated heterocycles. The minimum atomic E-state index is -0.350. The molecule has 0 bridgehead atoms. The molecule has 0 unspecified atom stereocenters. The van der Waals surface area contributed by atoms with Crippen LogP contribution in [0.5, 0.6) is 5.75 Å². The molecule has 21 heavy (non-hydrogen) atoms. The van der Waals surface area contributed by atoms with Crippen LogP contribution in [0.1, 0.15) is 6.92 Å². The highest BCUT2D eigenvalue weighted by molar-refractivity contribution is 5.81. The topological polar surface area (TPSA) is 35.5 Å². The van der Waals surface area contributed by atoms with Crippen molar-refractivity contribution < 1.29 is 14.3 Å². The number of esters is 1. The highest BCUT2D eigenvalue weighted by atomic mass is 16.5. The van der Waals surface area contributed by atoms with Crippen molar-refractivity contribution in [3.63, 3.8) is 0 Å². The van der Waals surface area contributed by atoms with Crippen LogP contribution < -0.4 is 4.74 Å². The second kappa shape index (κ2) is 7.90. The Labute approximate surface area is 124 Å². The molecule has 0 fully saturated rings. The zero-order chi connectivity index (χ0) is 14.9. The monoisotopic (exact) mass is 282 g/mol. The van der Waals surface area contributed by atoms with Crippen LogP contribution in [0.4, 0.5) is 0 Å². The molecule has 0 heterocycles. The fraction of sp³-hybridized carbons (Fsp3) is 0.167. The second-order valence-electron chi connectivity index (χ2n) is 4.33. The minimum absolute atomic E-state index is 0.322. The van der Waals surface area contributed by atoms with Gasteiger partial charge in [0.2, 0.25) is 0 Å². The summed E-state index contributed by atoms with van der Waals surface area (Å²) >= 11 is 0. The molecule has 2 rings (SSSR count). The molecule has 3 nitrogen and oxygen atoms in total. The van der Waals surface area contributed by atoms with Crippen molar-refractivity contribution in [2.75, 3.05) is 13.2 Å². The van der Waals surface area contributed by atoms with Crippen molar-refractivity contribution in [1.29, 1.82) is 0 Å². The number of carbonyl (C=O) groups excluding carboxylic acids is 1. The first-order valence-corrected chi connectivity index (χ1v) is 6.92. The van der Waals surface area contributed by atoms with Gasteiger partial charge < -0.3 is 9.47 Å².